The maximum absolute atomic E-state index is 12.5. The second kappa shape index (κ2) is 9.66. The van der Waals surface area contributed by atoms with Gasteiger partial charge in [0.25, 0.3) is 0 Å². The molecule has 35 heavy (non-hydrogen) atoms. The van der Waals surface area contributed by atoms with Gasteiger partial charge in [-0.3, -0.25) is 4.79 Å². The number of carboxylic acids is 1. The fourth-order valence-corrected chi connectivity index (χ4v) is 5.06. The van der Waals surface area contributed by atoms with Gasteiger partial charge in [0.2, 0.25) is 11.7 Å². The summed E-state index contributed by atoms with van der Waals surface area (Å²) >= 11 is 0. The van der Waals surface area contributed by atoms with Gasteiger partial charge in [-0.1, -0.05) is 48.5 Å². The highest BCUT2D eigenvalue weighted by Gasteiger charge is 2.32. The average molecular weight is 475 g/mol. The first-order chi connectivity index (χ1) is 17.0. The number of furan rings is 1. The summed E-state index contributed by atoms with van der Waals surface area (Å²) in [4.78, 5) is 35.9. The Bertz CT molecular complexity index is 1220. The highest BCUT2D eigenvalue weighted by Crippen LogP contribution is 2.44. The van der Waals surface area contributed by atoms with Gasteiger partial charge in [0, 0.05) is 17.9 Å². The number of amides is 2. The van der Waals surface area contributed by atoms with Crippen LogP contribution < -0.4 is 10.6 Å². The fraction of sp³-hybridized carbons (Fsp3) is 0.296. The Morgan fingerprint density at radius 1 is 0.943 bits per heavy atom. The van der Waals surface area contributed by atoms with E-state index in [1.54, 1.807) is 0 Å². The molecule has 180 valence electrons. The number of carbonyl (C=O) groups is 3. The van der Waals surface area contributed by atoms with E-state index in [0.29, 0.717) is 25.0 Å². The topological polar surface area (TPSA) is 118 Å². The van der Waals surface area contributed by atoms with Crippen LogP contribution >= 0.6 is 0 Å². The van der Waals surface area contributed by atoms with Crippen molar-refractivity contribution in [2.45, 2.75) is 37.8 Å². The molecule has 3 N–H and O–H groups in total. The number of carboxylic acid groups (broad SMARTS) is 1. The van der Waals surface area contributed by atoms with E-state index >= 15 is 0 Å². The van der Waals surface area contributed by atoms with E-state index in [0.717, 1.165) is 11.1 Å². The molecule has 2 amide bonds. The van der Waals surface area contributed by atoms with Gasteiger partial charge in [-0.05, 0) is 53.6 Å². The molecule has 8 nitrogen and oxygen atoms in total. The minimum Gasteiger partial charge on any atom is -0.475 e. The first-order valence-corrected chi connectivity index (χ1v) is 11.7. The molecule has 0 spiro atoms. The zero-order chi connectivity index (χ0) is 24.4. The lowest BCUT2D eigenvalue weighted by Crippen LogP contribution is -2.35. The van der Waals surface area contributed by atoms with Gasteiger partial charge >= 0.3 is 12.1 Å². The Morgan fingerprint density at radius 2 is 1.63 bits per heavy atom. The first-order valence-electron chi connectivity index (χ1n) is 11.7. The summed E-state index contributed by atoms with van der Waals surface area (Å²) < 4.78 is 10.8. The van der Waals surface area contributed by atoms with Crippen LogP contribution in [0.25, 0.3) is 11.1 Å². The van der Waals surface area contributed by atoms with Gasteiger partial charge in [-0.15, -0.1) is 0 Å². The Morgan fingerprint density at radius 3 is 2.29 bits per heavy atom. The molecule has 1 heterocycles. The summed E-state index contributed by atoms with van der Waals surface area (Å²) in [5.74, 6) is -1.32. The number of aromatic carboxylic acids is 1. The van der Waals surface area contributed by atoms with E-state index in [-0.39, 0.29) is 42.7 Å². The molecule has 8 heteroatoms. The van der Waals surface area contributed by atoms with Gasteiger partial charge in [-0.2, -0.15) is 0 Å². The second-order valence-electron chi connectivity index (χ2n) is 8.97. The molecule has 0 bridgehead atoms. The molecule has 2 atom stereocenters. The van der Waals surface area contributed by atoms with Crippen LogP contribution in [0.2, 0.25) is 0 Å². The molecular weight excluding hydrogens is 448 g/mol. The Kier molecular flexibility index (Phi) is 6.27. The molecule has 2 unspecified atom stereocenters. The zero-order valence-electron chi connectivity index (χ0n) is 19.0. The van der Waals surface area contributed by atoms with Crippen LogP contribution in [-0.2, 0) is 16.1 Å². The molecule has 5 rings (SSSR count). The van der Waals surface area contributed by atoms with Crippen LogP contribution in [0.15, 0.2) is 65.1 Å². The second-order valence-corrected chi connectivity index (χ2v) is 8.97. The number of hydrogen-bond donors (Lipinski definition) is 3. The summed E-state index contributed by atoms with van der Waals surface area (Å²) in [6.45, 7) is 0.366. The molecule has 1 saturated carbocycles. The molecule has 2 aliphatic rings. The lowest BCUT2D eigenvalue weighted by Gasteiger charge is -2.17. The van der Waals surface area contributed by atoms with Crippen molar-refractivity contribution >= 4 is 18.0 Å². The number of nitrogens with one attached hydrogen (secondary N) is 2. The van der Waals surface area contributed by atoms with E-state index in [2.05, 4.69) is 34.9 Å². The number of rotatable bonds is 7. The third-order valence-electron chi connectivity index (χ3n) is 6.78. The van der Waals surface area contributed by atoms with Crippen LogP contribution in [0, 0.1) is 5.92 Å². The number of fused-ring (bicyclic) bond motifs is 3. The number of carbonyl (C=O) groups excluding carboxylic acids is 2. The van der Waals surface area contributed by atoms with Crippen LogP contribution in [-0.4, -0.2) is 35.7 Å². The van der Waals surface area contributed by atoms with Crippen LogP contribution in [0.4, 0.5) is 4.79 Å². The standard InChI is InChI=1S/C27H26N2O6/c30-25(28-14-18-11-12-24(35-18)26(31)32)16-9-10-17(13-16)29-27(33)34-15-23-21-7-3-1-5-19(21)20-6-2-4-8-22(20)23/h1-8,11-12,16-17,23H,9-10,13-15H2,(H,28,30)(H,29,33)(H,31,32). The fourth-order valence-electron chi connectivity index (χ4n) is 5.06. The van der Waals surface area contributed by atoms with E-state index in [9.17, 15) is 14.4 Å². The highest BCUT2D eigenvalue weighted by atomic mass is 16.5. The van der Waals surface area contributed by atoms with Gasteiger partial charge in [0.15, 0.2) is 0 Å². The quantitative estimate of drug-likeness (QED) is 0.470. The van der Waals surface area contributed by atoms with Crippen molar-refractivity contribution in [2.75, 3.05) is 6.61 Å². The van der Waals surface area contributed by atoms with E-state index in [1.807, 2.05) is 24.3 Å². The Labute approximate surface area is 202 Å². The molecule has 0 aliphatic heterocycles. The predicted molar refractivity (Wildman–Crippen MR) is 127 cm³/mol. The summed E-state index contributed by atoms with van der Waals surface area (Å²) in [5.41, 5.74) is 4.67. The lowest BCUT2D eigenvalue weighted by molar-refractivity contribution is -0.125. The minimum absolute atomic E-state index is 0.00139. The normalized spacial score (nSPS) is 18.5. The molecule has 2 aromatic carbocycles. The van der Waals surface area contributed by atoms with Crippen molar-refractivity contribution in [2.24, 2.45) is 5.92 Å². The van der Waals surface area contributed by atoms with Crippen molar-refractivity contribution in [3.8, 4) is 11.1 Å². The largest absolute Gasteiger partial charge is 0.475 e. The molecule has 0 radical (unpaired) electrons. The van der Waals surface area contributed by atoms with Crippen molar-refractivity contribution < 1.29 is 28.6 Å². The first kappa shape index (κ1) is 22.7. The van der Waals surface area contributed by atoms with E-state index < -0.39 is 12.1 Å². The number of benzene rings is 2. The number of ether oxygens (including phenoxy) is 1. The number of hydrogen-bond acceptors (Lipinski definition) is 5. The van der Waals surface area contributed by atoms with Crippen molar-refractivity contribution in [1.29, 1.82) is 0 Å². The molecule has 2 aliphatic carbocycles. The molecule has 0 saturated heterocycles. The van der Waals surface area contributed by atoms with Crippen LogP contribution in [0.5, 0.6) is 0 Å². The predicted octanol–water partition coefficient (Wildman–Crippen LogP) is 4.30. The third kappa shape index (κ3) is 4.77. The Balaban J connectivity index is 1.10. The SMILES string of the molecule is O=C(NC1CCC(C(=O)NCc2ccc(C(=O)O)o2)C1)OCC1c2ccccc2-c2ccccc21. The smallest absolute Gasteiger partial charge is 0.407 e. The van der Waals surface area contributed by atoms with Gasteiger partial charge in [0.05, 0.1) is 6.54 Å². The summed E-state index contributed by atoms with van der Waals surface area (Å²) in [6, 6.07) is 19.1. The van der Waals surface area contributed by atoms with E-state index in [1.165, 1.54) is 23.3 Å². The summed E-state index contributed by atoms with van der Waals surface area (Å²) in [5, 5.41) is 14.6. The third-order valence-corrected chi connectivity index (χ3v) is 6.78. The van der Waals surface area contributed by atoms with Gasteiger partial charge in [-0.25, -0.2) is 9.59 Å². The molecule has 1 aromatic heterocycles. The summed E-state index contributed by atoms with van der Waals surface area (Å²) in [7, 11) is 0. The lowest BCUT2D eigenvalue weighted by atomic mass is 9.98. The van der Waals surface area contributed by atoms with Crippen LogP contribution in [0.3, 0.4) is 0 Å². The monoisotopic (exact) mass is 474 g/mol. The highest BCUT2D eigenvalue weighted by molar-refractivity contribution is 5.84. The number of alkyl carbamates (subject to hydrolysis) is 1. The zero-order valence-corrected chi connectivity index (χ0v) is 19.0. The molecule has 1 fully saturated rings. The van der Waals surface area contributed by atoms with Gasteiger partial charge < -0.3 is 24.9 Å². The van der Waals surface area contributed by atoms with Crippen molar-refractivity contribution in [3.05, 3.63) is 83.3 Å². The Hall–Kier alpha value is -4.07. The maximum Gasteiger partial charge on any atom is 0.407 e. The van der Waals surface area contributed by atoms with Crippen molar-refractivity contribution in [3.63, 3.8) is 0 Å². The van der Waals surface area contributed by atoms with Crippen LogP contribution in [0.1, 0.15) is 52.6 Å². The van der Waals surface area contributed by atoms with Gasteiger partial charge in [0.1, 0.15) is 12.4 Å². The average Bonchev–Trinajstić information content (AvgIpc) is 3.59. The minimum atomic E-state index is -1.15. The van der Waals surface area contributed by atoms with Crippen molar-refractivity contribution in [1.82, 2.24) is 10.6 Å². The summed E-state index contributed by atoms with van der Waals surface area (Å²) in [6.07, 6.45) is 1.38. The van der Waals surface area contributed by atoms with E-state index in [4.69, 9.17) is 14.3 Å². The molecular formula is C27H26N2O6. The maximum atomic E-state index is 12.5. The molecule has 3 aromatic rings.